The minimum Gasteiger partial charge on any atom is -0.435 e. The van der Waals surface area contributed by atoms with Gasteiger partial charge < -0.3 is 19.9 Å². The summed E-state index contributed by atoms with van der Waals surface area (Å²) in [6.45, 7) is 1.39. The molecule has 0 radical (unpaired) electrons. The zero-order valence-corrected chi connectivity index (χ0v) is 21.8. The van der Waals surface area contributed by atoms with Gasteiger partial charge in [0, 0.05) is 23.4 Å². The first-order valence-electron chi connectivity index (χ1n) is 11.9. The van der Waals surface area contributed by atoms with Crippen molar-refractivity contribution in [3.8, 4) is 0 Å². The van der Waals surface area contributed by atoms with Crippen molar-refractivity contribution in [2.24, 2.45) is 11.8 Å². The predicted octanol–water partition coefficient (Wildman–Crippen LogP) is 4.88. The van der Waals surface area contributed by atoms with Crippen molar-refractivity contribution in [2.75, 3.05) is 18.5 Å². The Hall–Kier alpha value is -2.83. The number of hydrogen-bond acceptors (Lipinski definition) is 7. The number of hydrogen-bond donors (Lipinski definition) is 2. The standard InChI is InChI=1S/C25H25ClF3NO7S/c1-2-36-24(32)37-12-25(33)10-14-3-4-15(11-25)22(14)38(34,35)20-7-13(5-6-17(20)26)23(31)30-16-8-18(27)21(29)19(28)9-16/h5-9,14-15,22,33H,2-4,10-12H2,1H3,(H,30,31)/t14?,15?,22-,25-. The summed E-state index contributed by atoms with van der Waals surface area (Å²) in [6.07, 6.45) is 0.278. The number of carbonyl (C=O) groups excluding carboxylic acids is 2. The largest absolute Gasteiger partial charge is 0.508 e. The van der Waals surface area contributed by atoms with Crippen LogP contribution in [0.3, 0.4) is 0 Å². The average molecular weight is 576 g/mol. The molecule has 2 N–H and O–H groups in total. The van der Waals surface area contributed by atoms with Gasteiger partial charge in [0.1, 0.15) is 6.61 Å². The maximum absolute atomic E-state index is 13.7. The predicted molar refractivity (Wildman–Crippen MR) is 130 cm³/mol. The minimum atomic E-state index is -4.09. The highest BCUT2D eigenvalue weighted by atomic mass is 35.5. The van der Waals surface area contributed by atoms with Crippen molar-refractivity contribution in [1.29, 1.82) is 0 Å². The molecule has 0 heterocycles. The molecule has 2 unspecified atom stereocenters. The molecule has 13 heteroatoms. The first kappa shape index (κ1) is 28.2. The van der Waals surface area contributed by atoms with E-state index in [1.54, 1.807) is 6.92 Å². The molecule has 0 spiro atoms. The van der Waals surface area contributed by atoms with E-state index in [4.69, 9.17) is 21.1 Å². The fourth-order valence-corrected chi connectivity index (χ4v) is 8.30. The zero-order valence-electron chi connectivity index (χ0n) is 20.2. The molecule has 2 atom stereocenters. The van der Waals surface area contributed by atoms with Crippen LogP contribution in [-0.4, -0.2) is 49.7 Å². The van der Waals surface area contributed by atoms with E-state index in [1.165, 1.54) is 12.1 Å². The lowest BCUT2D eigenvalue weighted by Gasteiger charge is -2.40. The summed E-state index contributed by atoms with van der Waals surface area (Å²) in [5.74, 6) is -6.48. The molecule has 2 bridgehead atoms. The van der Waals surface area contributed by atoms with Crippen LogP contribution in [0.1, 0.15) is 43.0 Å². The third-order valence-corrected chi connectivity index (χ3v) is 9.82. The van der Waals surface area contributed by atoms with Gasteiger partial charge in [0.25, 0.3) is 5.91 Å². The number of ether oxygens (including phenoxy) is 2. The number of nitrogens with one attached hydrogen (secondary N) is 1. The Kier molecular flexibility index (Phi) is 7.96. The van der Waals surface area contributed by atoms with Gasteiger partial charge >= 0.3 is 6.16 Å². The number of amides is 1. The molecule has 38 heavy (non-hydrogen) atoms. The van der Waals surface area contributed by atoms with Gasteiger partial charge in [-0.15, -0.1) is 0 Å². The van der Waals surface area contributed by atoms with E-state index in [0.29, 0.717) is 25.0 Å². The summed E-state index contributed by atoms with van der Waals surface area (Å²) in [5.41, 5.74) is -1.92. The van der Waals surface area contributed by atoms with Crippen LogP contribution in [0, 0.1) is 29.3 Å². The van der Waals surface area contributed by atoms with Gasteiger partial charge in [-0.3, -0.25) is 4.79 Å². The lowest BCUT2D eigenvalue weighted by Crippen LogP contribution is -2.48. The number of benzene rings is 2. The highest BCUT2D eigenvalue weighted by molar-refractivity contribution is 7.92. The number of rotatable bonds is 7. The molecular formula is C25H25ClF3NO7S. The van der Waals surface area contributed by atoms with E-state index >= 15 is 0 Å². The molecule has 2 saturated carbocycles. The minimum absolute atomic E-state index is 0.0757. The Morgan fingerprint density at radius 2 is 1.68 bits per heavy atom. The number of halogens is 4. The topological polar surface area (TPSA) is 119 Å². The molecule has 2 aliphatic rings. The third-order valence-electron chi connectivity index (χ3n) is 6.94. The third kappa shape index (κ3) is 5.62. The molecular weight excluding hydrogens is 551 g/mol. The maximum atomic E-state index is 13.7. The highest BCUT2D eigenvalue weighted by Crippen LogP contribution is 2.51. The normalized spacial score (nSPS) is 24.6. The summed E-state index contributed by atoms with van der Waals surface area (Å²) in [5, 5.41) is 12.2. The number of sulfone groups is 1. The second-order valence-corrected chi connectivity index (χ2v) is 12.0. The number of anilines is 1. The van der Waals surface area contributed by atoms with Gasteiger partial charge in [0.15, 0.2) is 27.3 Å². The van der Waals surface area contributed by atoms with Crippen LogP contribution >= 0.6 is 11.6 Å². The zero-order chi connectivity index (χ0) is 27.8. The molecule has 2 fully saturated rings. The van der Waals surface area contributed by atoms with E-state index in [2.05, 4.69) is 5.32 Å². The van der Waals surface area contributed by atoms with Crippen molar-refractivity contribution < 1.29 is 45.8 Å². The molecule has 1 amide bonds. The first-order chi connectivity index (χ1) is 17.8. The van der Waals surface area contributed by atoms with Crippen LogP contribution in [0.15, 0.2) is 35.2 Å². The summed E-state index contributed by atoms with van der Waals surface area (Å²) < 4.78 is 77.4. The SMILES string of the molecule is CCOC(=O)OC[C@]1(O)CC2CCC(C1)[C@H]2S(=O)(=O)c1cc(C(=O)Nc2cc(F)c(F)c(F)c2)ccc1Cl. The van der Waals surface area contributed by atoms with E-state index in [-0.39, 0.29) is 47.2 Å². The molecule has 8 nitrogen and oxygen atoms in total. The lowest BCUT2D eigenvalue weighted by atomic mass is 9.77. The van der Waals surface area contributed by atoms with E-state index in [9.17, 15) is 36.3 Å². The molecule has 206 valence electrons. The second kappa shape index (κ2) is 10.7. The number of fused-ring (bicyclic) bond motifs is 2. The van der Waals surface area contributed by atoms with Gasteiger partial charge in [-0.05, 0) is 62.6 Å². The fraction of sp³-hybridized carbons (Fsp3) is 0.440. The lowest BCUT2D eigenvalue weighted by molar-refractivity contribution is -0.0748. The maximum Gasteiger partial charge on any atom is 0.508 e. The van der Waals surface area contributed by atoms with Gasteiger partial charge in [0.2, 0.25) is 0 Å². The van der Waals surface area contributed by atoms with Crippen LogP contribution in [-0.2, 0) is 19.3 Å². The molecule has 2 aromatic carbocycles. The molecule has 2 aliphatic carbocycles. The Labute approximate surface area is 222 Å². The summed E-state index contributed by atoms with van der Waals surface area (Å²) >= 11 is 6.24. The number of carbonyl (C=O) groups is 2. The Morgan fingerprint density at radius 3 is 2.26 bits per heavy atom. The van der Waals surface area contributed by atoms with Crippen molar-refractivity contribution in [2.45, 2.75) is 48.4 Å². The summed E-state index contributed by atoms with van der Waals surface area (Å²) in [6, 6.07) is 4.73. The van der Waals surface area contributed by atoms with Crippen molar-refractivity contribution in [1.82, 2.24) is 0 Å². The van der Waals surface area contributed by atoms with E-state index in [1.807, 2.05) is 0 Å². The van der Waals surface area contributed by atoms with E-state index < -0.39 is 62.0 Å². The van der Waals surface area contributed by atoms with E-state index in [0.717, 1.165) is 6.07 Å². The molecule has 0 saturated heterocycles. The molecule has 0 aromatic heterocycles. The van der Waals surface area contributed by atoms with Gasteiger partial charge in [-0.25, -0.2) is 26.4 Å². The van der Waals surface area contributed by atoms with Crippen LogP contribution in [0.2, 0.25) is 5.02 Å². The first-order valence-corrected chi connectivity index (χ1v) is 13.8. The van der Waals surface area contributed by atoms with Crippen molar-refractivity contribution >= 4 is 39.2 Å². The van der Waals surface area contributed by atoms with Crippen molar-refractivity contribution in [3.63, 3.8) is 0 Å². The van der Waals surface area contributed by atoms with Gasteiger partial charge in [-0.2, -0.15) is 0 Å². The van der Waals surface area contributed by atoms with Gasteiger partial charge in [0.05, 0.1) is 27.4 Å². The Bertz CT molecular complexity index is 1330. The number of aliphatic hydroxyl groups is 1. The van der Waals surface area contributed by atoms with Crippen LogP contribution in [0.4, 0.5) is 23.7 Å². The molecule has 4 rings (SSSR count). The fourth-order valence-electron chi connectivity index (χ4n) is 5.45. The quantitative estimate of drug-likeness (QED) is 0.357. The average Bonchev–Trinajstić information content (AvgIpc) is 3.15. The van der Waals surface area contributed by atoms with Crippen LogP contribution in [0.5, 0.6) is 0 Å². The highest BCUT2D eigenvalue weighted by Gasteiger charge is 2.54. The summed E-state index contributed by atoms with van der Waals surface area (Å²) in [7, 11) is -4.09. The Balaban J connectivity index is 1.54. The smallest absolute Gasteiger partial charge is 0.435 e. The van der Waals surface area contributed by atoms with Crippen LogP contribution in [0.25, 0.3) is 0 Å². The Morgan fingerprint density at radius 1 is 1.08 bits per heavy atom. The molecule has 0 aliphatic heterocycles. The monoisotopic (exact) mass is 575 g/mol. The van der Waals surface area contributed by atoms with Gasteiger partial charge in [-0.1, -0.05) is 11.6 Å². The summed E-state index contributed by atoms with van der Waals surface area (Å²) in [4.78, 5) is 24.0. The second-order valence-electron chi connectivity index (χ2n) is 9.56. The van der Waals surface area contributed by atoms with Crippen LogP contribution < -0.4 is 5.32 Å². The molecule has 2 aromatic rings. The van der Waals surface area contributed by atoms with Crippen molar-refractivity contribution in [3.05, 3.63) is 58.4 Å².